The maximum absolute atomic E-state index is 12.4. The third-order valence-electron chi connectivity index (χ3n) is 3.63. The molecule has 4 nitrogen and oxygen atoms in total. The van der Waals surface area contributed by atoms with Gasteiger partial charge in [-0.05, 0) is 36.4 Å². The summed E-state index contributed by atoms with van der Waals surface area (Å²) in [5.74, 6) is 0.739. The average molecular weight is 373 g/mol. The minimum atomic E-state index is 0.00155. The third-order valence-corrected chi connectivity index (χ3v) is 4.75. The molecule has 128 valence electrons. The van der Waals surface area contributed by atoms with E-state index in [0.29, 0.717) is 11.6 Å². The van der Waals surface area contributed by atoms with Crippen molar-refractivity contribution in [3.8, 4) is 5.75 Å². The quantitative estimate of drug-likeness (QED) is 0.636. The van der Waals surface area contributed by atoms with Crippen LogP contribution >= 0.6 is 22.9 Å². The molecular weight excluding hydrogens is 356 g/mol. The Hall–Kier alpha value is -2.37. The summed E-state index contributed by atoms with van der Waals surface area (Å²) in [6, 6.07) is 16.8. The van der Waals surface area contributed by atoms with Crippen molar-refractivity contribution in [2.24, 2.45) is 0 Å². The largest absolute Gasteiger partial charge is 0.486 e. The van der Waals surface area contributed by atoms with Crippen molar-refractivity contribution in [3.63, 3.8) is 0 Å². The van der Waals surface area contributed by atoms with E-state index in [0.717, 1.165) is 22.1 Å². The summed E-state index contributed by atoms with van der Waals surface area (Å²) >= 11 is 7.34. The standard InChI is InChI=1S/C19H17ClN2O2S/c1-22(16-5-3-2-4-6-16)19(23)11-15-13-25-18(21-15)12-24-17-9-7-14(20)8-10-17/h2-10,13H,11-12H2,1H3. The van der Waals surface area contributed by atoms with Crippen molar-refractivity contribution in [1.82, 2.24) is 4.98 Å². The van der Waals surface area contributed by atoms with Gasteiger partial charge in [0.2, 0.25) is 5.91 Å². The van der Waals surface area contributed by atoms with Crippen LogP contribution in [0.25, 0.3) is 0 Å². The zero-order valence-corrected chi connectivity index (χ0v) is 15.3. The molecular formula is C19H17ClN2O2S. The molecule has 0 saturated carbocycles. The molecule has 1 heterocycles. The zero-order valence-electron chi connectivity index (χ0n) is 13.7. The van der Waals surface area contributed by atoms with E-state index in [1.54, 1.807) is 24.1 Å². The van der Waals surface area contributed by atoms with E-state index in [1.165, 1.54) is 11.3 Å². The Kier molecular flexibility index (Phi) is 5.68. The number of likely N-dealkylation sites (N-methyl/N-ethyl adjacent to an activating group) is 1. The van der Waals surface area contributed by atoms with Gasteiger partial charge in [-0.15, -0.1) is 11.3 Å². The minimum absolute atomic E-state index is 0.00155. The zero-order chi connectivity index (χ0) is 17.6. The number of amides is 1. The molecule has 0 atom stereocenters. The first-order chi connectivity index (χ1) is 12.1. The molecule has 2 aromatic carbocycles. The Bertz CT molecular complexity index is 834. The summed E-state index contributed by atoms with van der Waals surface area (Å²) in [5.41, 5.74) is 1.63. The highest BCUT2D eigenvalue weighted by Crippen LogP contribution is 2.19. The second-order valence-electron chi connectivity index (χ2n) is 5.44. The molecule has 0 unspecified atom stereocenters. The number of thiazole rings is 1. The number of benzene rings is 2. The second kappa shape index (κ2) is 8.14. The fourth-order valence-electron chi connectivity index (χ4n) is 2.24. The predicted octanol–water partition coefficient (Wildman–Crippen LogP) is 4.58. The van der Waals surface area contributed by atoms with E-state index in [1.807, 2.05) is 47.8 Å². The van der Waals surface area contributed by atoms with Crippen molar-refractivity contribution < 1.29 is 9.53 Å². The molecule has 1 aromatic heterocycles. The Morgan fingerprint density at radius 1 is 1.16 bits per heavy atom. The summed E-state index contributed by atoms with van der Waals surface area (Å²) in [4.78, 5) is 18.5. The molecule has 25 heavy (non-hydrogen) atoms. The van der Waals surface area contributed by atoms with Crippen LogP contribution in [0.2, 0.25) is 5.02 Å². The first-order valence-electron chi connectivity index (χ1n) is 7.75. The Labute approximate surface area is 155 Å². The van der Waals surface area contributed by atoms with E-state index in [2.05, 4.69) is 4.98 Å². The highest BCUT2D eigenvalue weighted by Gasteiger charge is 2.13. The third kappa shape index (κ3) is 4.81. The number of aromatic nitrogens is 1. The topological polar surface area (TPSA) is 42.4 Å². The van der Waals surface area contributed by atoms with Crippen LogP contribution in [0.15, 0.2) is 60.0 Å². The molecule has 0 aliphatic carbocycles. The number of hydrogen-bond donors (Lipinski definition) is 0. The molecule has 0 spiro atoms. The van der Waals surface area contributed by atoms with Gasteiger partial charge >= 0.3 is 0 Å². The van der Waals surface area contributed by atoms with E-state index in [-0.39, 0.29) is 12.3 Å². The number of hydrogen-bond acceptors (Lipinski definition) is 4. The van der Waals surface area contributed by atoms with Gasteiger partial charge in [0.1, 0.15) is 17.4 Å². The fraction of sp³-hybridized carbons (Fsp3) is 0.158. The van der Waals surface area contributed by atoms with Crippen LogP contribution in [0.4, 0.5) is 5.69 Å². The first kappa shape index (κ1) is 17.5. The SMILES string of the molecule is CN(C(=O)Cc1csc(COc2ccc(Cl)cc2)n1)c1ccccc1. The van der Waals surface area contributed by atoms with Gasteiger partial charge in [-0.3, -0.25) is 4.79 Å². The summed E-state index contributed by atoms with van der Waals surface area (Å²) in [6.45, 7) is 0.370. The van der Waals surface area contributed by atoms with Crippen molar-refractivity contribution in [2.45, 2.75) is 13.0 Å². The first-order valence-corrected chi connectivity index (χ1v) is 9.01. The van der Waals surface area contributed by atoms with Crippen molar-refractivity contribution in [1.29, 1.82) is 0 Å². The van der Waals surface area contributed by atoms with Crippen molar-refractivity contribution in [2.75, 3.05) is 11.9 Å². The average Bonchev–Trinajstić information content (AvgIpc) is 3.08. The predicted molar refractivity (Wildman–Crippen MR) is 101 cm³/mol. The van der Waals surface area contributed by atoms with Crippen LogP contribution in [0.1, 0.15) is 10.7 Å². The summed E-state index contributed by atoms with van der Waals surface area (Å²) in [6.07, 6.45) is 0.267. The van der Waals surface area contributed by atoms with Crippen LogP contribution in [-0.4, -0.2) is 17.9 Å². The van der Waals surface area contributed by atoms with E-state index < -0.39 is 0 Å². The molecule has 0 fully saturated rings. The molecule has 3 rings (SSSR count). The summed E-state index contributed by atoms with van der Waals surface area (Å²) in [5, 5.41) is 3.40. The van der Waals surface area contributed by atoms with E-state index in [9.17, 15) is 4.79 Å². The van der Waals surface area contributed by atoms with Crippen LogP contribution in [0.3, 0.4) is 0 Å². The van der Waals surface area contributed by atoms with Gasteiger partial charge in [0, 0.05) is 23.1 Å². The maximum atomic E-state index is 12.4. The Morgan fingerprint density at radius 3 is 2.60 bits per heavy atom. The van der Waals surface area contributed by atoms with Crippen LogP contribution in [0.5, 0.6) is 5.75 Å². The highest BCUT2D eigenvalue weighted by atomic mass is 35.5. The van der Waals surface area contributed by atoms with E-state index >= 15 is 0 Å². The molecule has 1 amide bonds. The van der Waals surface area contributed by atoms with Gasteiger partial charge in [-0.25, -0.2) is 4.98 Å². The lowest BCUT2D eigenvalue weighted by atomic mass is 10.2. The lowest BCUT2D eigenvalue weighted by Gasteiger charge is -2.16. The number of carbonyl (C=O) groups excluding carboxylic acids is 1. The molecule has 0 radical (unpaired) electrons. The van der Waals surface area contributed by atoms with Gasteiger partial charge in [0.25, 0.3) is 0 Å². The number of carbonyl (C=O) groups is 1. The van der Waals surface area contributed by atoms with Gasteiger partial charge in [-0.1, -0.05) is 29.8 Å². The number of rotatable bonds is 6. The second-order valence-corrected chi connectivity index (χ2v) is 6.82. The summed E-state index contributed by atoms with van der Waals surface area (Å²) < 4.78 is 5.68. The number of para-hydroxylation sites is 1. The maximum Gasteiger partial charge on any atom is 0.232 e. The highest BCUT2D eigenvalue weighted by molar-refractivity contribution is 7.09. The minimum Gasteiger partial charge on any atom is -0.486 e. The number of nitrogens with zero attached hydrogens (tertiary/aromatic N) is 2. The molecule has 3 aromatic rings. The van der Waals surface area contributed by atoms with Gasteiger partial charge < -0.3 is 9.64 Å². The van der Waals surface area contributed by atoms with Crippen LogP contribution in [0, 0.1) is 0 Å². The lowest BCUT2D eigenvalue weighted by Crippen LogP contribution is -2.27. The molecule has 0 N–H and O–H groups in total. The van der Waals surface area contributed by atoms with Gasteiger partial charge in [0.05, 0.1) is 12.1 Å². The van der Waals surface area contributed by atoms with Crippen LogP contribution < -0.4 is 9.64 Å². The van der Waals surface area contributed by atoms with Crippen molar-refractivity contribution in [3.05, 3.63) is 75.7 Å². The van der Waals surface area contributed by atoms with Crippen molar-refractivity contribution >= 4 is 34.5 Å². The fourth-order valence-corrected chi connectivity index (χ4v) is 3.07. The molecule has 0 saturated heterocycles. The van der Waals surface area contributed by atoms with Gasteiger partial charge in [-0.2, -0.15) is 0 Å². The Balaban J connectivity index is 1.56. The lowest BCUT2D eigenvalue weighted by molar-refractivity contribution is -0.117. The number of anilines is 1. The smallest absolute Gasteiger partial charge is 0.232 e. The molecule has 0 bridgehead atoms. The monoisotopic (exact) mass is 372 g/mol. The van der Waals surface area contributed by atoms with Gasteiger partial charge in [0.15, 0.2) is 0 Å². The number of ether oxygens (including phenoxy) is 1. The van der Waals surface area contributed by atoms with E-state index in [4.69, 9.17) is 16.3 Å². The van der Waals surface area contributed by atoms with Crippen LogP contribution in [-0.2, 0) is 17.8 Å². The molecule has 0 aliphatic rings. The molecule has 0 aliphatic heterocycles. The normalized spacial score (nSPS) is 10.5. The molecule has 6 heteroatoms. The summed E-state index contributed by atoms with van der Waals surface area (Å²) in [7, 11) is 1.77. The number of halogens is 1. The Morgan fingerprint density at radius 2 is 1.88 bits per heavy atom.